The number of nitrogens with zero attached hydrogens (tertiary/aromatic N) is 2. The van der Waals surface area contributed by atoms with Gasteiger partial charge in [-0.15, -0.1) is 0 Å². The van der Waals surface area contributed by atoms with Gasteiger partial charge in [0, 0.05) is 25.0 Å². The average molecular weight is 502 g/mol. The Hall–Kier alpha value is -3.19. The molecule has 7 nitrogen and oxygen atoms in total. The molecule has 37 heavy (non-hydrogen) atoms. The summed E-state index contributed by atoms with van der Waals surface area (Å²) in [4.78, 5) is 40.1. The lowest BCUT2D eigenvalue weighted by molar-refractivity contribution is -0.122. The number of amides is 4. The van der Waals surface area contributed by atoms with Crippen LogP contribution in [-0.4, -0.2) is 36.1 Å². The maximum atomic E-state index is 13.5. The molecular weight excluding hydrogens is 466 g/mol. The van der Waals surface area contributed by atoms with E-state index in [4.69, 9.17) is 4.74 Å². The molecule has 7 heteroatoms. The van der Waals surface area contributed by atoms with Crippen molar-refractivity contribution in [2.75, 3.05) is 18.6 Å². The number of aromatic nitrogens is 1. The van der Waals surface area contributed by atoms with Crippen LogP contribution in [0.15, 0.2) is 35.9 Å². The molecule has 4 amide bonds. The lowest BCUT2D eigenvalue weighted by Gasteiger charge is -2.57. The number of aryl methyl sites for hydroxylation is 1. The Balaban J connectivity index is 1.28. The predicted molar refractivity (Wildman–Crippen MR) is 141 cm³/mol. The van der Waals surface area contributed by atoms with Crippen LogP contribution >= 0.6 is 0 Å². The van der Waals surface area contributed by atoms with E-state index in [0.29, 0.717) is 18.8 Å². The fraction of sp³-hybridized carbons (Fsp3) is 0.500. The van der Waals surface area contributed by atoms with E-state index in [9.17, 15) is 14.4 Å². The highest BCUT2D eigenvalue weighted by molar-refractivity contribution is 6.39. The van der Waals surface area contributed by atoms with Crippen molar-refractivity contribution in [3.8, 4) is 0 Å². The van der Waals surface area contributed by atoms with Crippen LogP contribution in [-0.2, 0) is 26.3 Å². The van der Waals surface area contributed by atoms with Gasteiger partial charge in [0.1, 0.15) is 5.57 Å². The van der Waals surface area contributed by atoms with Gasteiger partial charge >= 0.3 is 6.03 Å². The van der Waals surface area contributed by atoms with E-state index in [-0.39, 0.29) is 11.0 Å². The quantitative estimate of drug-likeness (QED) is 0.452. The van der Waals surface area contributed by atoms with Crippen molar-refractivity contribution in [3.63, 3.8) is 0 Å². The average Bonchev–Trinajstić information content (AvgIpc) is 3.11. The van der Waals surface area contributed by atoms with Gasteiger partial charge in [0.05, 0.1) is 12.3 Å². The van der Waals surface area contributed by atoms with Crippen molar-refractivity contribution in [3.05, 3.63) is 58.4 Å². The van der Waals surface area contributed by atoms with Crippen molar-refractivity contribution < 1.29 is 19.1 Å². The molecule has 4 saturated carbocycles. The summed E-state index contributed by atoms with van der Waals surface area (Å²) in [5, 5.41) is 2.36. The van der Waals surface area contributed by atoms with Gasteiger partial charge in [0.15, 0.2) is 0 Å². The Kier molecular flexibility index (Phi) is 5.86. The Morgan fingerprint density at radius 1 is 1.00 bits per heavy atom. The van der Waals surface area contributed by atoms with Crippen LogP contribution in [0.3, 0.4) is 0 Å². The van der Waals surface area contributed by atoms with Gasteiger partial charge < -0.3 is 9.30 Å². The van der Waals surface area contributed by atoms with E-state index in [1.54, 1.807) is 13.2 Å². The maximum Gasteiger partial charge on any atom is 0.335 e. The van der Waals surface area contributed by atoms with Gasteiger partial charge in [-0.1, -0.05) is 12.1 Å². The number of imide groups is 2. The zero-order valence-corrected chi connectivity index (χ0v) is 21.9. The molecule has 0 atom stereocenters. The van der Waals surface area contributed by atoms with Gasteiger partial charge in [0.2, 0.25) is 0 Å². The predicted octanol–water partition coefficient (Wildman–Crippen LogP) is 4.89. The second kappa shape index (κ2) is 8.98. The van der Waals surface area contributed by atoms with E-state index >= 15 is 0 Å². The number of barbiturate groups is 1. The van der Waals surface area contributed by atoms with E-state index in [0.717, 1.165) is 39.6 Å². The molecule has 2 heterocycles. The van der Waals surface area contributed by atoms with Crippen molar-refractivity contribution in [1.29, 1.82) is 0 Å². The number of hydrogen-bond donors (Lipinski definition) is 1. The summed E-state index contributed by atoms with van der Waals surface area (Å²) in [6, 6.07) is 9.18. The maximum absolute atomic E-state index is 13.5. The third kappa shape index (κ3) is 4.04. The van der Waals surface area contributed by atoms with Gasteiger partial charge in [-0.25, -0.2) is 9.69 Å². The molecule has 1 aliphatic heterocycles. The van der Waals surface area contributed by atoms with Crippen molar-refractivity contribution in [2.24, 2.45) is 17.8 Å². The van der Waals surface area contributed by atoms with Crippen molar-refractivity contribution in [1.82, 2.24) is 9.88 Å². The Bertz CT molecular complexity index is 1270. The molecule has 0 unspecified atom stereocenters. The fourth-order valence-corrected chi connectivity index (χ4v) is 7.98. The molecule has 0 radical (unpaired) electrons. The van der Waals surface area contributed by atoms with E-state index in [2.05, 4.69) is 22.0 Å². The Labute approximate surface area is 217 Å². The number of benzene rings is 1. The summed E-state index contributed by atoms with van der Waals surface area (Å²) >= 11 is 0. The molecule has 4 aliphatic carbocycles. The molecule has 4 bridgehead atoms. The number of carbonyl (C=O) groups excluding carboxylic acids is 3. The van der Waals surface area contributed by atoms with Crippen LogP contribution in [0.2, 0.25) is 0 Å². The topological polar surface area (TPSA) is 80.6 Å². The Morgan fingerprint density at radius 2 is 1.62 bits per heavy atom. The minimum Gasteiger partial charge on any atom is -0.383 e. The summed E-state index contributed by atoms with van der Waals surface area (Å²) in [7, 11) is 1.66. The summed E-state index contributed by atoms with van der Waals surface area (Å²) < 4.78 is 7.29. The third-order valence-electron chi connectivity index (χ3n) is 9.31. The normalized spacial score (nSPS) is 29.9. The molecule has 5 fully saturated rings. The molecule has 1 saturated heterocycles. The highest BCUT2D eigenvalue weighted by Gasteiger charge is 2.51. The molecule has 2 aromatic rings. The van der Waals surface area contributed by atoms with Crippen molar-refractivity contribution >= 4 is 29.6 Å². The summed E-state index contributed by atoms with van der Waals surface area (Å²) in [5.74, 6) is 1.26. The number of nitrogens with one attached hydrogen (secondary N) is 1. The van der Waals surface area contributed by atoms with Crippen LogP contribution in [0, 0.1) is 31.6 Å². The zero-order valence-electron chi connectivity index (χ0n) is 21.9. The number of methoxy groups -OCH3 is 1. The highest BCUT2D eigenvalue weighted by Crippen LogP contribution is 2.60. The highest BCUT2D eigenvalue weighted by atomic mass is 16.5. The lowest BCUT2D eigenvalue weighted by atomic mass is 9.48. The standard InChI is InChI=1S/C30H35N3O4/c1-18-10-23(19(2)32(18)8-9-37-3)14-26-27(34)31-29(36)33(28(26)35)25-6-4-24(5-7-25)30-15-20-11-21(16-30)13-22(12-20)17-30/h4-7,10,14,20-22H,8-9,11-13,15-17H2,1-3H3,(H,31,34,36)/b26-14+. The molecule has 1 N–H and O–H groups in total. The fourth-order valence-electron chi connectivity index (χ4n) is 7.98. The second-order valence-corrected chi connectivity index (χ2v) is 11.7. The first-order chi connectivity index (χ1) is 17.8. The molecule has 0 spiro atoms. The van der Waals surface area contributed by atoms with Gasteiger partial charge in [-0.05, 0) is 111 Å². The van der Waals surface area contributed by atoms with E-state index in [1.165, 1.54) is 44.1 Å². The monoisotopic (exact) mass is 501 g/mol. The molecule has 194 valence electrons. The Morgan fingerprint density at radius 3 is 2.22 bits per heavy atom. The van der Waals surface area contributed by atoms with Gasteiger partial charge in [-0.2, -0.15) is 0 Å². The molecule has 5 aliphatic rings. The summed E-state index contributed by atoms with van der Waals surface area (Å²) in [6.45, 7) is 5.17. The van der Waals surface area contributed by atoms with Crippen LogP contribution in [0.1, 0.15) is 61.0 Å². The van der Waals surface area contributed by atoms with E-state index in [1.807, 2.05) is 32.0 Å². The molecular formula is C30H35N3O4. The van der Waals surface area contributed by atoms with Crippen LogP contribution in [0.4, 0.5) is 10.5 Å². The van der Waals surface area contributed by atoms with Gasteiger partial charge in [-0.3, -0.25) is 14.9 Å². The zero-order chi connectivity index (χ0) is 25.9. The van der Waals surface area contributed by atoms with Crippen molar-refractivity contribution in [2.45, 2.75) is 64.3 Å². The van der Waals surface area contributed by atoms with Gasteiger partial charge in [0.25, 0.3) is 11.8 Å². The number of ether oxygens (including phenoxy) is 1. The molecule has 1 aromatic carbocycles. The number of rotatable bonds is 6. The number of carbonyl (C=O) groups is 3. The van der Waals surface area contributed by atoms with Crippen LogP contribution in [0.25, 0.3) is 6.08 Å². The summed E-state index contributed by atoms with van der Waals surface area (Å²) in [6.07, 6.45) is 9.52. The minimum atomic E-state index is -0.708. The first-order valence-corrected chi connectivity index (χ1v) is 13.5. The third-order valence-corrected chi connectivity index (χ3v) is 9.31. The first kappa shape index (κ1) is 24.2. The molecule has 1 aromatic heterocycles. The summed E-state index contributed by atoms with van der Waals surface area (Å²) in [5.41, 5.74) is 4.74. The van der Waals surface area contributed by atoms with E-state index < -0.39 is 17.8 Å². The largest absolute Gasteiger partial charge is 0.383 e. The first-order valence-electron chi connectivity index (χ1n) is 13.5. The lowest BCUT2D eigenvalue weighted by Crippen LogP contribution is -2.54. The second-order valence-electron chi connectivity index (χ2n) is 11.7. The number of urea groups is 1. The number of hydrogen-bond acceptors (Lipinski definition) is 4. The SMILES string of the molecule is COCCn1c(C)cc(/C=C2\C(=O)NC(=O)N(c3ccc(C45CC6CC(CC(C6)C4)C5)cc3)C2=O)c1C. The van der Waals surface area contributed by atoms with Crippen LogP contribution in [0.5, 0.6) is 0 Å². The van der Waals surface area contributed by atoms with Crippen LogP contribution < -0.4 is 10.2 Å². The minimum absolute atomic E-state index is 0.0447. The number of anilines is 1. The molecule has 7 rings (SSSR count). The smallest absolute Gasteiger partial charge is 0.335 e.